The van der Waals surface area contributed by atoms with Crippen molar-refractivity contribution in [1.82, 2.24) is 0 Å². The highest BCUT2D eigenvalue weighted by molar-refractivity contribution is 5.85. The Morgan fingerprint density at radius 1 is 1.00 bits per heavy atom. The smallest absolute Gasteiger partial charge is 0.131 e. The van der Waals surface area contributed by atoms with E-state index in [0.29, 0.717) is 23.2 Å². The molecule has 0 bridgehead atoms. The average Bonchev–Trinajstić information content (AvgIpc) is 2.35. The lowest BCUT2D eigenvalue weighted by Crippen LogP contribution is -2.15. The van der Waals surface area contributed by atoms with Crippen LogP contribution in [0.3, 0.4) is 0 Å². The molecule has 0 saturated carbocycles. The van der Waals surface area contributed by atoms with Crippen molar-refractivity contribution in [3.63, 3.8) is 0 Å². The first-order chi connectivity index (χ1) is 8.53. The normalized spacial score (nSPS) is 11.7. The molecule has 110 valence electrons. The van der Waals surface area contributed by atoms with E-state index in [1.165, 1.54) is 0 Å². The van der Waals surface area contributed by atoms with Gasteiger partial charge in [0, 0.05) is 18.2 Å². The summed E-state index contributed by atoms with van der Waals surface area (Å²) < 4.78 is 16.0. The van der Waals surface area contributed by atoms with Crippen molar-refractivity contribution in [2.75, 3.05) is 21.3 Å². The second-order valence-electron chi connectivity index (χ2n) is 4.68. The van der Waals surface area contributed by atoms with Crippen molar-refractivity contribution < 1.29 is 14.2 Å². The number of nitrogens with two attached hydrogens (primary N) is 1. The number of ether oxygens (including phenoxy) is 3. The van der Waals surface area contributed by atoms with E-state index in [9.17, 15) is 0 Å². The molecule has 1 aromatic rings. The lowest BCUT2D eigenvalue weighted by molar-refractivity contribution is 0.358. The van der Waals surface area contributed by atoms with Crippen LogP contribution in [-0.4, -0.2) is 21.3 Å². The van der Waals surface area contributed by atoms with Crippen LogP contribution in [0.15, 0.2) is 12.1 Å². The second-order valence-corrected chi connectivity index (χ2v) is 4.68. The van der Waals surface area contributed by atoms with E-state index in [0.717, 1.165) is 12.0 Å². The molecule has 0 aliphatic rings. The van der Waals surface area contributed by atoms with Crippen LogP contribution in [0.1, 0.15) is 31.9 Å². The predicted molar refractivity (Wildman–Crippen MR) is 79.7 cm³/mol. The Balaban J connectivity index is 0.00000324. The van der Waals surface area contributed by atoms with Gasteiger partial charge in [-0.3, -0.25) is 0 Å². The molecule has 0 radical (unpaired) electrons. The van der Waals surface area contributed by atoms with Crippen molar-refractivity contribution in [2.45, 2.75) is 26.3 Å². The molecule has 1 atom stereocenters. The van der Waals surface area contributed by atoms with Crippen LogP contribution in [0.2, 0.25) is 0 Å². The Kier molecular flexibility index (Phi) is 7.64. The zero-order valence-electron chi connectivity index (χ0n) is 12.2. The summed E-state index contributed by atoms with van der Waals surface area (Å²) in [5.74, 6) is 2.62. The molecule has 0 saturated heterocycles. The van der Waals surface area contributed by atoms with Crippen molar-refractivity contribution >= 4 is 12.4 Å². The van der Waals surface area contributed by atoms with Gasteiger partial charge in [-0.1, -0.05) is 13.8 Å². The maximum atomic E-state index is 6.24. The highest BCUT2D eigenvalue weighted by Crippen LogP contribution is 2.39. The highest BCUT2D eigenvalue weighted by atomic mass is 35.5. The molecule has 0 aliphatic heterocycles. The fourth-order valence-corrected chi connectivity index (χ4v) is 2.02. The van der Waals surface area contributed by atoms with Crippen LogP contribution < -0.4 is 19.9 Å². The average molecular weight is 290 g/mol. The summed E-state index contributed by atoms with van der Waals surface area (Å²) in [4.78, 5) is 0. The Bertz CT molecular complexity index is 371. The summed E-state index contributed by atoms with van der Waals surface area (Å²) in [7, 11) is 4.86. The van der Waals surface area contributed by atoms with Gasteiger partial charge in [-0.25, -0.2) is 0 Å². The molecule has 1 rings (SSSR count). The quantitative estimate of drug-likeness (QED) is 0.874. The summed E-state index contributed by atoms with van der Waals surface area (Å²) >= 11 is 0. The summed E-state index contributed by atoms with van der Waals surface area (Å²) in [5.41, 5.74) is 7.14. The summed E-state index contributed by atoms with van der Waals surface area (Å²) in [6.45, 7) is 4.28. The minimum atomic E-state index is -0.110. The van der Waals surface area contributed by atoms with Crippen LogP contribution in [-0.2, 0) is 0 Å². The van der Waals surface area contributed by atoms with E-state index in [1.54, 1.807) is 21.3 Å². The fourth-order valence-electron chi connectivity index (χ4n) is 2.02. The second kappa shape index (κ2) is 8.12. The highest BCUT2D eigenvalue weighted by Gasteiger charge is 2.20. The first kappa shape index (κ1) is 17.9. The van der Waals surface area contributed by atoms with Crippen molar-refractivity contribution in [3.05, 3.63) is 17.7 Å². The molecule has 0 unspecified atom stereocenters. The molecule has 19 heavy (non-hydrogen) atoms. The molecular weight excluding hydrogens is 266 g/mol. The van der Waals surface area contributed by atoms with Crippen LogP contribution >= 0.6 is 12.4 Å². The van der Waals surface area contributed by atoms with Gasteiger partial charge in [-0.05, 0) is 12.3 Å². The molecule has 0 aromatic heterocycles. The molecule has 0 amide bonds. The predicted octanol–water partition coefficient (Wildman–Crippen LogP) is 3.18. The third kappa shape index (κ3) is 4.48. The zero-order chi connectivity index (χ0) is 13.7. The summed E-state index contributed by atoms with van der Waals surface area (Å²) in [6, 6.07) is 3.55. The summed E-state index contributed by atoms with van der Waals surface area (Å²) in [5, 5.41) is 0. The molecule has 0 spiro atoms. The van der Waals surface area contributed by atoms with Crippen molar-refractivity contribution in [3.8, 4) is 17.2 Å². The molecule has 0 aliphatic carbocycles. The molecule has 0 fully saturated rings. The number of hydrogen-bond acceptors (Lipinski definition) is 4. The Morgan fingerprint density at radius 3 is 1.79 bits per heavy atom. The van der Waals surface area contributed by atoms with Gasteiger partial charge in [0.25, 0.3) is 0 Å². The van der Waals surface area contributed by atoms with Crippen LogP contribution in [0, 0.1) is 5.92 Å². The van der Waals surface area contributed by atoms with Crippen LogP contribution in [0.4, 0.5) is 0 Å². The third-order valence-electron chi connectivity index (χ3n) is 2.85. The van der Waals surface area contributed by atoms with E-state index in [-0.39, 0.29) is 18.4 Å². The topological polar surface area (TPSA) is 53.7 Å². The monoisotopic (exact) mass is 289 g/mol. The van der Waals surface area contributed by atoms with Gasteiger partial charge in [-0.2, -0.15) is 0 Å². The fraction of sp³-hybridized carbons (Fsp3) is 0.571. The SMILES string of the molecule is COc1cc(OC)c([C@@H](N)CC(C)C)c(OC)c1.Cl. The van der Waals surface area contributed by atoms with Gasteiger partial charge in [0.1, 0.15) is 17.2 Å². The minimum Gasteiger partial charge on any atom is -0.496 e. The van der Waals surface area contributed by atoms with Crippen LogP contribution in [0.5, 0.6) is 17.2 Å². The molecule has 2 N–H and O–H groups in total. The maximum Gasteiger partial charge on any atom is 0.131 e. The third-order valence-corrected chi connectivity index (χ3v) is 2.85. The largest absolute Gasteiger partial charge is 0.496 e. The number of benzene rings is 1. The van der Waals surface area contributed by atoms with Gasteiger partial charge in [0.2, 0.25) is 0 Å². The van der Waals surface area contributed by atoms with Gasteiger partial charge < -0.3 is 19.9 Å². The molecule has 0 heterocycles. The Morgan fingerprint density at radius 2 is 1.47 bits per heavy atom. The van der Waals surface area contributed by atoms with E-state index in [4.69, 9.17) is 19.9 Å². The summed E-state index contributed by atoms with van der Waals surface area (Å²) in [6.07, 6.45) is 0.874. The molecule has 1 aromatic carbocycles. The lowest BCUT2D eigenvalue weighted by atomic mass is 9.96. The van der Waals surface area contributed by atoms with E-state index >= 15 is 0 Å². The van der Waals surface area contributed by atoms with E-state index in [1.807, 2.05) is 12.1 Å². The standard InChI is InChI=1S/C14H23NO3.ClH/c1-9(2)6-11(15)14-12(17-4)7-10(16-3)8-13(14)18-5;/h7-9,11H,6,15H2,1-5H3;1H/t11-;/m0./s1. The van der Waals surface area contributed by atoms with Crippen LogP contribution in [0.25, 0.3) is 0 Å². The van der Waals surface area contributed by atoms with Gasteiger partial charge in [0.05, 0.1) is 26.9 Å². The zero-order valence-corrected chi connectivity index (χ0v) is 13.0. The van der Waals surface area contributed by atoms with Gasteiger partial charge in [0.15, 0.2) is 0 Å². The maximum absolute atomic E-state index is 6.24. The number of methoxy groups -OCH3 is 3. The first-order valence-electron chi connectivity index (χ1n) is 6.09. The Labute approximate surface area is 121 Å². The van der Waals surface area contributed by atoms with Crippen molar-refractivity contribution in [2.24, 2.45) is 11.7 Å². The molecule has 4 nitrogen and oxygen atoms in total. The number of halogens is 1. The Hall–Kier alpha value is -1.13. The number of hydrogen-bond donors (Lipinski definition) is 1. The van der Waals surface area contributed by atoms with Gasteiger partial charge in [-0.15, -0.1) is 12.4 Å². The lowest BCUT2D eigenvalue weighted by Gasteiger charge is -2.21. The number of rotatable bonds is 6. The molecule has 5 heteroatoms. The van der Waals surface area contributed by atoms with E-state index in [2.05, 4.69) is 13.8 Å². The molecular formula is C14H24ClNO3. The first-order valence-corrected chi connectivity index (χ1v) is 6.09. The van der Waals surface area contributed by atoms with Gasteiger partial charge >= 0.3 is 0 Å². The van der Waals surface area contributed by atoms with E-state index < -0.39 is 0 Å². The minimum absolute atomic E-state index is 0. The van der Waals surface area contributed by atoms with Crippen molar-refractivity contribution in [1.29, 1.82) is 0 Å².